The fraction of sp³-hybridized carbons (Fsp3) is 0.636. The number of nitrogens with two attached hydrogens (primary N) is 1. The van der Waals surface area contributed by atoms with E-state index in [9.17, 15) is 18.4 Å². The number of carbonyl (C=O) groups excluding carboxylic acids is 2. The van der Waals surface area contributed by atoms with Crippen molar-refractivity contribution in [2.24, 2.45) is 17.8 Å². The zero-order valence-corrected chi connectivity index (χ0v) is 17.0. The molecule has 0 radical (unpaired) electrons. The van der Waals surface area contributed by atoms with Crippen LogP contribution in [-0.2, 0) is 4.79 Å². The summed E-state index contributed by atoms with van der Waals surface area (Å²) in [6, 6.07) is 2.51. The molecule has 4 saturated carbocycles. The summed E-state index contributed by atoms with van der Waals surface area (Å²) in [6.45, 7) is 3.51. The van der Waals surface area contributed by atoms with Gasteiger partial charge in [0.2, 0.25) is 0 Å². The molecule has 0 aromatic heterocycles. The molecule has 5 nitrogen and oxygen atoms in total. The minimum atomic E-state index is -0.908. The molecule has 4 aliphatic rings. The van der Waals surface area contributed by atoms with Crippen LogP contribution in [0, 0.1) is 29.4 Å². The van der Waals surface area contributed by atoms with Crippen LogP contribution >= 0.6 is 0 Å². The number of urea groups is 1. The van der Waals surface area contributed by atoms with Gasteiger partial charge in [0.1, 0.15) is 6.04 Å². The van der Waals surface area contributed by atoms with Crippen molar-refractivity contribution in [2.45, 2.75) is 70.0 Å². The van der Waals surface area contributed by atoms with Gasteiger partial charge < -0.3 is 10.6 Å². The zero-order chi connectivity index (χ0) is 20.8. The molecule has 7 heteroatoms. The molecular formula is C22H30F2N3O2+. The quantitative estimate of drug-likeness (QED) is 0.703. The summed E-state index contributed by atoms with van der Waals surface area (Å²) >= 11 is 0. The Morgan fingerprint density at radius 3 is 2.17 bits per heavy atom. The van der Waals surface area contributed by atoms with Crippen LogP contribution in [0.1, 0.15) is 64.0 Å². The van der Waals surface area contributed by atoms with Crippen molar-refractivity contribution >= 4 is 11.9 Å². The van der Waals surface area contributed by atoms with Gasteiger partial charge in [-0.05, 0) is 88.3 Å². The summed E-state index contributed by atoms with van der Waals surface area (Å²) in [5.41, 5.74) is 0.437. The molecular weight excluding hydrogens is 376 g/mol. The lowest BCUT2D eigenvalue weighted by Gasteiger charge is -2.56. The summed E-state index contributed by atoms with van der Waals surface area (Å²) in [7, 11) is 0. The number of nitrogens with one attached hydrogen (secondary N) is 2. The third kappa shape index (κ3) is 4.29. The van der Waals surface area contributed by atoms with Crippen LogP contribution in [0.4, 0.5) is 13.6 Å². The van der Waals surface area contributed by atoms with Crippen LogP contribution < -0.4 is 16.0 Å². The predicted molar refractivity (Wildman–Crippen MR) is 104 cm³/mol. The highest BCUT2D eigenvalue weighted by atomic mass is 19.2. The van der Waals surface area contributed by atoms with Crippen molar-refractivity contribution in [1.82, 2.24) is 10.6 Å². The van der Waals surface area contributed by atoms with Crippen molar-refractivity contribution in [3.8, 4) is 0 Å². The first-order valence-electron chi connectivity index (χ1n) is 10.7. The average molecular weight is 406 g/mol. The van der Waals surface area contributed by atoms with Crippen LogP contribution in [-0.4, -0.2) is 23.5 Å². The van der Waals surface area contributed by atoms with E-state index in [-0.39, 0.29) is 17.5 Å². The van der Waals surface area contributed by atoms with E-state index in [0.29, 0.717) is 23.3 Å². The van der Waals surface area contributed by atoms with E-state index in [1.807, 2.05) is 6.92 Å². The smallest absolute Gasteiger partial charge is 0.322 e. The predicted octanol–water partition coefficient (Wildman–Crippen LogP) is 2.77. The minimum absolute atomic E-state index is 0.148. The monoisotopic (exact) mass is 406 g/mol. The number of carbonyl (C=O) groups is 2. The minimum Gasteiger partial charge on any atom is -0.332 e. The van der Waals surface area contributed by atoms with E-state index in [1.165, 1.54) is 25.3 Å². The molecule has 4 N–H and O–H groups in total. The van der Waals surface area contributed by atoms with Gasteiger partial charge in [-0.1, -0.05) is 0 Å². The fourth-order valence-electron chi connectivity index (χ4n) is 6.19. The zero-order valence-electron chi connectivity index (χ0n) is 17.0. The highest BCUT2D eigenvalue weighted by Gasteiger charge is 2.51. The van der Waals surface area contributed by atoms with Gasteiger partial charge in [0, 0.05) is 11.1 Å². The highest BCUT2D eigenvalue weighted by molar-refractivity contribution is 5.96. The number of halogens is 2. The van der Waals surface area contributed by atoms with Gasteiger partial charge in [-0.15, -0.1) is 0 Å². The average Bonchev–Trinajstić information content (AvgIpc) is 2.62. The Morgan fingerprint density at radius 1 is 1.03 bits per heavy atom. The Hall–Kier alpha value is -2.02. The number of benzene rings is 1. The van der Waals surface area contributed by atoms with Gasteiger partial charge in [-0.3, -0.25) is 10.1 Å². The summed E-state index contributed by atoms with van der Waals surface area (Å²) in [4.78, 5) is 25.0. The van der Waals surface area contributed by atoms with E-state index in [0.717, 1.165) is 31.4 Å². The Morgan fingerprint density at radius 2 is 1.62 bits per heavy atom. The molecule has 3 amide bonds. The van der Waals surface area contributed by atoms with E-state index < -0.39 is 23.7 Å². The van der Waals surface area contributed by atoms with Crippen molar-refractivity contribution in [2.75, 3.05) is 0 Å². The molecule has 4 bridgehead atoms. The molecule has 0 heterocycles. The first-order valence-corrected chi connectivity index (χ1v) is 10.7. The summed E-state index contributed by atoms with van der Waals surface area (Å²) in [6.07, 6.45) is 6.93. The van der Waals surface area contributed by atoms with Crippen molar-refractivity contribution in [1.29, 1.82) is 0 Å². The van der Waals surface area contributed by atoms with Gasteiger partial charge >= 0.3 is 6.03 Å². The molecule has 0 saturated heterocycles. The molecule has 158 valence electrons. The molecule has 4 aliphatic carbocycles. The van der Waals surface area contributed by atoms with Crippen LogP contribution in [0.15, 0.2) is 18.2 Å². The van der Waals surface area contributed by atoms with E-state index in [4.69, 9.17) is 0 Å². The number of hydrogen-bond donors (Lipinski definition) is 3. The van der Waals surface area contributed by atoms with E-state index in [1.54, 1.807) is 12.2 Å². The Balaban J connectivity index is 1.30. The second-order valence-electron chi connectivity index (χ2n) is 9.58. The molecule has 1 aromatic carbocycles. The summed E-state index contributed by atoms with van der Waals surface area (Å²) in [5.74, 6) is -0.0612. The second kappa shape index (κ2) is 7.67. The van der Waals surface area contributed by atoms with Crippen molar-refractivity contribution in [3.05, 3.63) is 35.4 Å². The molecule has 2 atom stereocenters. The summed E-state index contributed by atoms with van der Waals surface area (Å²) in [5, 5.41) is 7.35. The number of hydrogen-bond acceptors (Lipinski definition) is 2. The maximum absolute atomic E-state index is 13.4. The van der Waals surface area contributed by atoms with Crippen molar-refractivity contribution < 1.29 is 23.7 Å². The Kier molecular flexibility index (Phi) is 5.36. The topological polar surface area (TPSA) is 74.8 Å². The third-order valence-electron chi connectivity index (χ3n) is 7.11. The lowest BCUT2D eigenvalue weighted by Crippen LogP contribution is -2.92. The molecule has 1 aromatic rings. The van der Waals surface area contributed by atoms with Gasteiger partial charge in [-0.25, -0.2) is 13.6 Å². The van der Waals surface area contributed by atoms with Crippen LogP contribution in [0.2, 0.25) is 0 Å². The fourth-order valence-corrected chi connectivity index (χ4v) is 6.19. The van der Waals surface area contributed by atoms with Gasteiger partial charge in [0.15, 0.2) is 17.7 Å². The largest absolute Gasteiger partial charge is 0.332 e. The first-order chi connectivity index (χ1) is 13.7. The molecule has 0 unspecified atom stereocenters. The molecule has 5 rings (SSSR count). The van der Waals surface area contributed by atoms with E-state index >= 15 is 0 Å². The van der Waals surface area contributed by atoms with Crippen LogP contribution in [0.5, 0.6) is 0 Å². The lowest BCUT2D eigenvalue weighted by atomic mass is 9.53. The first kappa shape index (κ1) is 20.3. The van der Waals surface area contributed by atoms with Crippen LogP contribution in [0.25, 0.3) is 0 Å². The number of quaternary nitrogens is 1. The third-order valence-corrected chi connectivity index (χ3v) is 7.11. The Labute approximate surface area is 170 Å². The molecule has 0 aliphatic heterocycles. The maximum atomic E-state index is 13.4. The SMILES string of the molecule is C[C@H]([NH2+][C@H](C)C(=O)NC(=O)NC12CC3CC(CC(C3)C1)C2)c1ccc(F)c(F)c1. The Bertz CT molecular complexity index is 778. The van der Waals surface area contributed by atoms with Crippen LogP contribution in [0.3, 0.4) is 0 Å². The van der Waals surface area contributed by atoms with Gasteiger partial charge in [-0.2, -0.15) is 0 Å². The summed E-state index contributed by atoms with van der Waals surface area (Å²) < 4.78 is 26.6. The number of amides is 3. The normalized spacial score (nSPS) is 31.9. The maximum Gasteiger partial charge on any atom is 0.322 e. The number of imide groups is 1. The molecule has 29 heavy (non-hydrogen) atoms. The second-order valence-corrected chi connectivity index (χ2v) is 9.58. The van der Waals surface area contributed by atoms with Gasteiger partial charge in [0.05, 0.1) is 0 Å². The number of rotatable bonds is 5. The van der Waals surface area contributed by atoms with Crippen molar-refractivity contribution in [3.63, 3.8) is 0 Å². The highest BCUT2D eigenvalue weighted by Crippen LogP contribution is 2.55. The molecule has 0 spiro atoms. The standard InChI is InChI=1S/C22H29F2N3O2/c1-12(17-3-4-18(23)19(24)8-17)25-13(2)20(28)26-21(29)27-22-9-14-5-15(10-22)7-16(6-14)11-22/h3-4,8,12-16,25H,5-7,9-11H2,1-2H3,(H2,26,27,28,29)/p+1/t12-,13+,14?,15?,16?,22?/m0/s1. The lowest BCUT2D eigenvalue weighted by molar-refractivity contribution is -0.710. The van der Waals surface area contributed by atoms with E-state index in [2.05, 4.69) is 10.6 Å². The van der Waals surface area contributed by atoms with Gasteiger partial charge in [0.25, 0.3) is 5.91 Å². The molecule has 4 fully saturated rings.